The van der Waals surface area contributed by atoms with E-state index in [0.29, 0.717) is 22.7 Å². The average Bonchev–Trinajstić information content (AvgIpc) is 3.06. The van der Waals surface area contributed by atoms with Gasteiger partial charge in [-0.2, -0.15) is 0 Å². The van der Waals surface area contributed by atoms with Crippen LogP contribution in [0.15, 0.2) is 23.8 Å². The van der Waals surface area contributed by atoms with Crippen LogP contribution in [-0.2, 0) is 0 Å². The van der Waals surface area contributed by atoms with Crippen molar-refractivity contribution in [2.75, 3.05) is 0 Å². The zero-order valence-corrected chi connectivity index (χ0v) is 20.7. The summed E-state index contributed by atoms with van der Waals surface area (Å²) in [5.74, 6) is 5.32. The summed E-state index contributed by atoms with van der Waals surface area (Å²) in [7, 11) is 0. The molecule has 170 valence electrons. The monoisotopic (exact) mass is 412 g/mol. The van der Waals surface area contributed by atoms with Gasteiger partial charge in [-0.05, 0) is 110 Å². The first-order valence-corrected chi connectivity index (χ1v) is 13.3. The number of rotatable bonds is 5. The second-order valence-corrected chi connectivity index (χ2v) is 12.5. The molecular weight excluding hydrogens is 364 g/mol. The first kappa shape index (κ1) is 22.6. The number of hydrogen-bond acceptors (Lipinski definition) is 1. The fourth-order valence-corrected chi connectivity index (χ4v) is 8.68. The third-order valence-corrected chi connectivity index (χ3v) is 10.7. The number of aliphatic hydroxyl groups is 1. The minimum atomic E-state index is -0.0480. The van der Waals surface area contributed by atoms with Gasteiger partial charge in [-0.25, -0.2) is 0 Å². The smallest absolute Gasteiger partial charge is 0.0543 e. The molecule has 30 heavy (non-hydrogen) atoms. The van der Waals surface area contributed by atoms with Crippen LogP contribution >= 0.6 is 0 Å². The molecule has 0 amide bonds. The van der Waals surface area contributed by atoms with Gasteiger partial charge >= 0.3 is 0 Å². The molecule has 4 aliphatic carbocycles. The summed E-state index contributed by atoms with van der Waals surface area (Å²) >= 11 is 0. The highest BCUT2D eigenvalue weighted by atomic mass is 16.3. The zero-order chi connectivity index (χ0) is 21.7. The Bertz CT molecular complexity index is 674. The van der Waals surface area contributed by atoms with E-state index in [0.717, 1.165) is 42.4 Å². The van der Waals surface area contributed by atoms with Crippen LogP contribution in [-0.4, -0.2) is 11.2 Å². The molecule has 1 heteroatoms. The predicted octanol–water partition coefficient (Wildman–Crippen LogP) is 7.80. The Balaban J connectivity index is 1.53. The fraction of sp³-hybridized carbons (Fsp3) is 0.862. The van der Waals surface area contributed by atoms with Gasteiger partial charge in [-0.15, -0.1) is 0 Å². The second-order valence-electron chi connectivity index (χ2n) is 12.5. The van der Waals surface area contributed by atoms with Gasteiger partial charge in [-0.1, -0.05) is 65.3 Å². The minimum absolute atomic E-state index is 0.0480. The van der Waals surface area contributed by atoms with E-state index < -0.39 is 0 Å². The average molecular weight is 413 g/mol. The predicted molar refractivity (Wildman–Crippen MR) is 128 cm³/mol. The molecule has 1 N–H and O–H groups in total. The van der Waals surface area contributed by atoms with Gasteiger partial charge in [0, 0.05) is 0 Å². The maximum atomic E-state index is 10.3. The van der Waals surface area contributed by atoms with Crippen molar-refractivity contribution in [3.63, 3.8) is 0 Å². The van der Waals surface area contributed by atoms with E-state index in [1.165, 1.54) is 44.9 Å². The molecule has 4 aliphatic rings. The van der Waals surface area contributed by atoms with Crippen LogP contribution in [0.1, 0.15) is 99.3 Å². The maximum Gasteiger partial charge on any atom is 0.0543 e. The Morgan fingerprint density at radius 2 is 1.70 bits per heavy atom. The SMILES string of the molecule is CC[C@H](C=C[C@H](C)[C@@H]1CC[C@H]2C3=CC[C@H]4C[C@H](O)CC[C@]4(C)[C@H]3CC[C@]21C)C(C)C. The van der Waals surface area contributed by atoms with Crippen LogP contribution in [0.2, 0.25) is 0 Å². The van der Waals surface area contributed by atoms with E-state index in [9.17, 15) is 5.11 Å². The molecule has 0 aromatic heterocycles. The number of allylic oxidation sites excluding steroid dienone is 4. The van der Waals surface area contributed by atoms with E-state index >= 15 is 0 Å². The molecule has 0 aromatic rings. The molecule has 3 saturated carbocycles. The summed E-state index contributed by atoms with van der Waals surface area (Å²) in [6.45, 7) is 14.8. The Morgan fingerprint density at radius 3 is 2.40 bits per heavy atom. The highest BCUT2D eigenvalue weighted by molar-refractivity contribution is 5.28. The van der Waals surface area contributed by atoms with E-state index in [-0.39, 0.29) is 6.10 Å². The molecule has 0 aliphatic heterocycles. The quantitative estimate of drug-likeness (QED) is 0.457. The van der Waals surface area contributed by atoms with E-state index in [1.807, 2.05) is 5.57 Å². The molecule has 4 rings (SSSR count). The fourth-order valence-electron chi connectivity index (χ4n) is 8.68. The van der Waals surface area contributed by atoms with Gasteiger partial charge in [0.1, 0.15) is 0 Å². The standard InChI is InChI=1S/C29H48O/c1-7-21(19(2)3)9-8-20(4)25-12-13-26-24-11-10-22-18-23(30)14-16-28(22,5)27(24)15-17-29(25,26)6/h8-9,11,19-23,25-27,30H,7,10,12-18H2,1-6H3/t20-,21+,22-,23+,25-,26-,27-,28-,29-/m0/s1. The highest BCUT2D eigenvalue weighted by Crippen LogP contribution is 2.66. The molecular formula is C29H48O. The Kier molecular flexibility index (Phi) is 6.35. The van der Waals surface area contributed by atoms with Gasteiger partial charge in [0.2, 0.25) is 0 Å². The van der Waals surface area contributed by atoms with Gasteiger partial charge in [0.05, 0.1) is 6.10 Å². The van der Waals surface area contributed by atoms with Crippen molar-refractivity contribution in [3.8, 4) is 0 Å². The lowest BCUT2D eigenvalue weighted by Crippen LogP contribution is -2.49. The van der Waals surface area contributed by atoms with Crippen molar-refractivity contribution in [1.29, 1.82) is 0 Å². The lowest BCUT2D eigenvalue weighted by atomic mass is 9.47. The van der Waals surface area contributed by atoms with E-state index in [2.05, 4.69) is 59.8 Å². The van der Waals surface area contributed by atoms with Crippen molar-refractivity contribution in [1.82, 2.24) is 0 Å². The molecule has 0 radical (unpaired) electrons. The molecule has 0 saturated heterocycles. The molecule has 0 spiro atoms. The summed E-state index contributed by atoms with van der Waals surface area (Å²) in [5.41, 5.74) is 2.79. The van der Waals surface area contributed by atoms with Crippen LogP contribution < -0.4 is 0 Å². The van der Waals surface area contributed by atoms with Crippen LogP contribution in [0.5, 0.6) is 0 Å². The summed E-state index contributed by atoms with van der Waals surface area (Å²) in [6.07, 6.45) is 19.2. The first-order valence-electron chi connectivity index (χ1n) is 13.3. The Morgan fingerprint density at radius 1 is 1.00 bits per heavy atom. The van der Waals surface area contributed by atoms with Crippen LogP contribution in [0.25, 0.3) is 0 Å². The van der Waals surface area contributed by atoms with E-state index in [4.69, 9.17) is 0 Å². The number of hydrogen-bond donors (Lipinski definition) is 1. The third-order valence-electron chi connectivity index (χ3n) is 10.7. The zero-order valence-electron chi connectivity index (χ0n) is 20.7. The van der Waals surface area contributed by atoms with Crippen molar-refractivity contribution >= 4 is 0 Å². The molecule has 0 heterocycles. The molecule has 3 fully saturated rings. The van der Waals surface area contributed by atoms with Crippen LogP contribution in [0, 0.1) is 52.3 Å². The van der Waals surface area contributed by atoms with Gasteiger partial charge < -0.3 is 5.11 Å². The van der Waals surface area contributed by atoms with E-state index in [1.54, 1.807) is 0 Å². The largest absolute Gasteiger partial charge is 0.393 e. The molecule has 1 nitrogen and oxygen atoms in total. The summed E-state index contributed by atoms with van der Waals surface area (Å²) < 4.78 is 0. The van der Waals surface area contributed by atoms with Gasteiger partial charge in [0.15, 0.2) is 0 Å². The summed E-state index contributed by atoms with van der Waals surface area (Å²) in [6, 6.07) is 0. The lowest BCUT2D eigenvalue weighted by molar-refractivity contribution is -0.0414. The summed E-state index contributed by atoms with van der Waals surface area (Å²) in [4.78, 5) is 0. The van der Waals surface area contributed by atoms with Crippen molar-refractivity contribution in [2.24, 2.45) is 52.3 Å². The van der Waals surface area contributed by atoms with Gasteiger partial charge in [0.25, 0.3) is 0 Å². The highest BCUT2D eigenvalue weighted by Gasteiger charge is 2.57. The van der Waals surface area contributed by atoms with Crippen molar-refractivity contribution in [2.45, 2.75) is 105 Å². The minimum Gasteiger partial charge on any atom is -0.393 e. The molecule has 0 bridgehead atoms. The normalized spacial score (nSPS) is 45.6. The molecule has 9 atom stereocenters. The Labute approximate surface area is 186 Å². The number of aliphatic hydroxyl groups excluding tert-OH is 1. The summed E-state index contributed by atoms with van der Waals surface area (Å²) in [5, 5.41) is 10.3. The Hall–Kier alpha value is -0.560. The van der Waals surface area contributed by atoms with Crippen molar-refractivity contribution in [3.05, 3.63) is 23.8 Å². The number of fused-ring (bicyclic) bond motifs is 5. The maximum absolute atomic E-state index is 10.3. The van der Waals surface area contributed by atoms with Crippen LogP contribution in [0.4, 0.5) is 0 Å². The van der Waals surface area contributed by atoms with Crippen molar-refractivity contribution < 1.29 is 5.11 Å². The third kappa shape index (κ3) is 3.66. The topological polar surface area (TPSA) is 20.2 Å². The first-order chi connectivity index (χ1) is 14.2. The second kappa shape index (κ2) is 8.42. The van der Waals surface area contributed by atoms with Crippen LogP contribution in [0.3, 0.4) is 0 Å². The molecule has 0 unspecified atom stereocenters. The van der Waals surface area contributed by atoms with Gasteiger partial charge in [-0.3, -0.25) is 0 Å². The lowest BCUT2D eigenvalue weighted by Gasteiger charge is -2.57. The molecule has 0 aromatic carbocycles.